The van der Waals surface area contributed by atoms with Crippen molar-refractivity contribution in [3.63, 3.8) is 0 Å². The Hall–Kier alpha value is -3.15. The second kappa shape index (κ2) is 8.69. The van der Waals surface area contributed by atoms with Gasteiger partial charge in [0.1, 0.15) is 0 Å². The average Bonchev–Trinajstić information content (AvgIpc) is 3.07. The van der Waals surface area contributed by atoms with Crippen molar-refractivity contribution in [3.05, 3.63) is 59.7 Å². The second-order valence-electron chi connectivity index (χ2n) is 6.93. The average molecular weight is 379 g/mol. The maximum absolute atomic E-state index is 12.6. The van der Waals surface area contributed by atoms with Crippen LogP contribution in [-0.2, 0) is 16.0 Å². The normalized spacial score (nSPS) is 16.1. The van der Waals surface area contributed by atoms with E-state index >= 15 is 0 Å². The molecule has 2 aromatic rings. The summed E-state index contributed by atoms with van der Waals surface area (Å²) in [6.07, 6.45) is 0.695. The molecule has 1 aliphatic rings. The lowest BCUT2D eigenvalue weighted by Gasteiger charge is -2.15. The van der Waals surface area contributed by atoms with E-state index in [0.717, 1.165) is 16.7 Å². The topological polar surface area (TPSA) is 78.5 Å². The number of nitrogens with zero attached hydrogens (tertiary/aromatic N) is 1. The molecule has 0 saturated carbocycles. The van der Waals surface area contributed by atoms with Crippen molar-refractivity contribution in [2.24, 2.45) is 0 Å². The maximum Gasteiger partial charge on any atom is 0.251 e. The molecule has 0 radical (unpaired) electrons. The summed E-state index contributed by atoms with van der Waals surface area (Å²) in [5, 5.41) is 5.57. The van der Waals surface area contributed by atoms with Gasteiger partial charge < -0.3 is 15.5 Å². The number of likely N-dealkylation sites (N-methyl/N-ethyl adjacent to an activating group) is 2. The monoisotopic (exact) mass is 379 g/mol. The van der Waals surface area contributed by atoms with Crippen LogP contribution in [0.3, 0.4) is 0 Å². The molecule has 3 amide bonds. The number of hydrogen-bond acceptors (Lipinski definition) is 3. The van der Waals surface area contributed by atoms with Crippen molar-refractivity contribution >= 4 is 17.7 Å². The molecule has 2 aromatic carbocycles. The lowest BCUT2D eigenvalue weighted by atomic mass is 10.0. The summed E-state index contributed by atoms with van der Waals surface area (Å²) in [4.78, 5) is 37.7. The summed E-state index contributed by atoms with van der Waals surface area (Å²) in [6, 6.07) is 15.0. The Balaban J connectivity index is 1.69. The van der Waals surface area contributed by atoms with Crippen LogP contribution in [0.15, 0.2) is 48.5 Å². The van der Waals surface area contributed by atoms with E-state index in [2.05, 4.69) is 10.6 Å². The zero-order valence-electron chi connectivity index (χ0n) is 16.2. The van der Waals surface area contributed by atoms with E-state index in [4.69, 9.17) is 0 Å². The van der Waals surface area contributed by atoms with Crippen LogP contribution in [0.5, 0.6) is 0 Å². The SMILES string of the molecule is CCN1C[C@H](NC(=O)c2cccc(-c3ccc(CC(=O)NC)cc3)c2)CC1=O. The fourth-order valence-corrected chi connectivity index (χ4v) is 3.37. The van der Waals surface area contributed by atoms with Crippen molar-refractivity contribution in [2.75, 3.05) is 20.1 Å². The third-order valence-electron chi connectivity index (χ3n) is 4.99. The minimum absolute atomic E-state index is 0.0292. The Morgan fingerprint density at radius 3 is 2.50 bits per heavy atom. The first-order chi connectivity index (χ1) is 13.5. The summed E-state index contributed by atoms with van der Waals surface area (Å²) in [5.74, 6) is -0.120. The maximum atomic E-state index is 12.6. The van der Waals surface area contributed by atoms with Crippen LogP contribution >= 0.6 is 0 Å². The number of benzene rings is 2. The lowest BCUT2D eigenvalue weighted by Crippen LogP contribution is -2.37. The third-order valence-corrected chi connectivity index (χ3v) is 4.99. The van der Waals surface area contributed by atoms with Crippen LogP contribution in [0.2, 0.25) is 0 Å². The van der Waals surface area contributed by atoms with Gasteiger partial charge in [0, 0.05) is 32.1 Å². The van der Waals surface area contributed by atoms with Crippen molar-refractivity contribution in [1.29, 1.82) is 0 Å². The van der Waals surface area contributed by atoms with Gasteiger partial charge >= 0.3 is 0 Å². The van der Waals surface area contributed by atoms with Crippen LogP contribution < -0.4 is 10.6 Å². The van der Waals surface area contributed by atoms with Crippen LogP contribution in [0.1, 0.15) is 29.3 Å². The van der Waals surface area contributed by atoms with Gasteiger partial charge in [-0.2, -0.15) is 0 Å². The van der Waals surface area contributed by atoms with E-state index in [-0.39, 0.29) is 23.8 Å². The van der Waals surface area contributed by atoms with Crippen molar-refractivity contribution < 1.29 is 14.4 Å². The molecule has 3 rings (SSSR count). The van der Waals surface area contributed by atoms with Gasteiger partial charge in [-0.1, -0.05) is 36.4 Å². The van der Waals surface area contributed by atoms with Gasteiger partial charge in [0.2, 0.25) is 11.8 Å². The first-order valence-corrected chi connectivity index (χ1v) is 9.48. The largest absolute Gasteiger partial charge is 0.359 e. The number of carbonyl (C=O) groups excluding carboxylic acids is 3. The molecule has 2 N–H and O–H groups in total. The van der Waals surface area contributed by atoms with E-state index in [1.165, 1.54) is 0 Å². The predicted molar refractivity (Wildman–Crippen MR) is 108 cm³/mol. The van der Waals surface area contributed by atoms with E-state index in [9.17, 15) is 14.4 Å². The molecule has 6 nitrogen and oxygen atoms in total. The molecule has 1 atom stereocenters. The van der Waals surface area contributed by atoms with Crippen LogP contribution in [0.4, 0.5) is 0 Å². The molecule has 28 heavy (non-hydrogen) atoms. The Kier molecular flexibility index (Phi) is 6.09. The zero-order chi connectivity index (χ0) is 20.1. The summed E-state index contributed by atoms with van der Waals surface area (Å²) in [5.41, 5.74) is 3.40. The molecule has 0 aromatic heterocycles. The van der Waals surface area contributed by atoms with Crippen molar-refractivity contribution in [1.82, 2.24) is 15.5 Å². The number of hydrogen-bond donors (Lipinski definition) is 2. The van der Waals surface area contributed by atoms with E-state index in [1.807, 2.05) is 49.4 Å². The number of rotatable bonds is 6. The minimum atomic E-state index is -0.172. The summed E-state index contributed by atoms with van der Waals surface area (Å²) >= 11 is 0. The highest BCUT2D eigenvalue weighted by atomic mass is 16.2. The van der Waals surface area contributed by atoms with Crippen molar-refractivity contribution in [2.45, 2.75) is 25.8 Å². The van der Waals surface area contributed by atoms with E-state index in [1.54, 1.807) is 18.0 Å². The van der Waals surface area contributed by atoms with Gasteiger partial charge in [-0.05, 0) is 35.7 Å². The number of carbonyl (C=O) groups is 3. The van der Waals surface area contributed by atoms with Gasteiger partial charge in [0.15, 0.2) is 0 Å². The molecule has 1 fully saturated rings. The predicted octanol–water partition coefficient (Wildman–Crippen LogP) is 1.99. The van der Waals surface area contributed by atoms with E-state index in [0.29, 0.717) is 31.5 Å². The molecular formula is C22H25N3O3. The summed E-state index contributed by atoms with van der Waals surface area (Å²) < 4.78 is 0. The van der Waals surface area contributed by atoms with Gasteiger partial charge in [0.25, 0.3) is 5.91 Å². The van der Waals surface area contributed by atoms with Gasteiger partial charge in [0.05, 0.1) is 12.5 Å². The molecule has 146 valence electrons. The standard InChI is InChI=1S/C22H25N3O3/c1-3-25-14-19(13-21(25)27)24-22(28)18-6-4-5-17(12-18)16-9-7-15(8-10-16)11-20(26)23-2/h4-10,12,19H,3,11,13-14H2,1-2H3,(H,23,26)(H,24,28)/t19-/m1/s1. The molecule has 1 heterocycles. The number of nitrogens with one attached hydrogen (secondary N) is 2. The Bertz CT molecular complexity index is 877. The number of amides is 3. The van der Waals surface area contributed by atoms with Gasteiger partial charge in [-0.15, -0.1) is 0 Å². The molecule has 6 heteroatoms. The highest BCUT2D eigenvalue weighted by molar-refractivity contribution is 5.96. The fraction of sp³-hybridized carbons (Fsp3) is 0.318. The molecule has 1 saturated heterocycles. The minimum Gasteiger partial charge on any atom is -0.359 e. The smallest absolute Gasteiger partial charge is 0.251 e. The molecule has 0 spiro atoms. The lowest BCUT2D eigenvalue weighted by molar-refractivity contribution is -0.127. The van der Waals surface area contributed by atoms with Crippen LogP contribution in [-0.4, -0.2) is 48.8 Å². The first-order valence-electron chi connectivity index (χ1n) is 9.48. The molecule has 1 aliphatic heterocycles. The highest BCUT2D eigenvalue weighted by Crippen LogP contribution is 2.22. The quantitative estimate of drug-likeness (QED) is 0.806. The molecule has 0 aliphatic carbocycles. The van der Waals surface area contributed by atoms with Gasteiger partial charge in [-0.25, -0.2) is 0 Å². The Morgan fingerprint density at radius 2 is 1.86 bits per heavy atom. The summed E-state index contributed by atoms with van der Waals surface area (Å²) in [6.45, 7) is 3.16. The Labute approximate surface area is 164 Å². The number of likely N-dealkylation sites (tertiary alicyclic amines) is 1. The van der Waals surface area contributed by atoms with Crippen LogP contribution in [0.25, 0.3) is 11.1 Å². The first kappa shape index (κ1) is 19.6. The van der Waals surface area contributed by atoms with Crippen LogP contribution in [0, 0.1) is 0 Å². The van der Waals surface area contributed by atoms with Gasteiger partial charge in [-0.3, -0.25) is 14.4 Å². The fourth-order valence-electron chi connectivity index (χ4n) is 3.37. The zero-order valence-corrected chi connectivity index (χ0v) is 16.2. The molecule has 0 unspecified atom stereocenters. The molecule has 0 bridgehead atoms. The third kappa shape index (κ3) is 4.57. The van der Waals surface area contributed by atoms with Crippen molar-refractivity contribution in [3.8, 4) is 11.1 Å². The molecular weight excluding hydrogens is 354 g/mol. The second-order valence-corrected chi connectivity index (χ2v) is 6.93. The highest BCUT2D eigenvalue weighted by Gasteiger charge is 2.29. The Morgan fingerprint density at radius 1 is 1.11 bits per heavy atom. The summed E-state index contributed by atoms with van der Waals surface area (Å²) in [7, 11) is 1.62. The van der Waals surface area contributed by atoms with E-state index < -0.39 is 0 Å².